The fourth-order valence-corrected chi connectivity index (χ4v) is 2.21. The van der Waals surface area contributed by atoms with E-state index < -0.39 is 5.97 Å². The molecule has 1 N–H and O–H groups in total. The standard InChI is InChI=1S/C12H20N2O4/c1-3-13(8-11(16)17)12(18)10-4-6-14(7-5-10)9(2)15/h10H,3-8H2,1-2H3,(H,16,17). The molecule has 1 aliphatic heterocycles. The number of hydrogen-bond donors (Lipinski definition) is 1. The van der Waals surface area contributed by atoms with Crippen LogP contribution in [0.4, 0.5) is 0 Å². The first-order valence-corrected chi connectivity index (χ1v) is 6.21. The highest BCUT2D eigenvalue weighted by atomic mass is 16.4. The lowest BCUT2D eigenvalue weighted by Crippen LogP contribution is -2.45. The Hall–Kier alpha value is -1.59. The molecule has 0 aliphatic carbocycles. The minimum absolute atomic E-state index is 0.0267. The molecule has 0 saturated carbocycles. The summed E-state index contributed by atoms with van der Waals surface area (Å²) in [5.41, 5.74) is 0. The molecule has 6 heteroatoms. The van der Waals surface area contributed by atoms with Crippen molar-refractivity contribution in [2.45, 2.75) is 26.7 Å². The first kappa shape index (κ1) is 14.5. The Bertz CT molecular complexity index is 335. The van der Waals surface area contributed by atoms with Gasteiger partial charge in [0.15, 0.2) is 0 Å². The Morgan fingerprint density at radius 3 is 2.22 bits per heavy atom. The first-order valence-electron chi connectivity index (χ1n) is 6.21. The maximum absolute atomic E-state index is 12.1. The van der Waals surface area contributed by atoms with Crippen LogP contribution in [0.25, 0.3) is 0 Å². The Labute approximate surface area is 107 Å². The largest absolute Gasteiger partial charge is 0.480 e. The van der Waals surface area contributed by atoms with Gasteiger partial charge in [-0.05, 0) is 19.8 Å². The Balaban J connectivity index is 2.52. The predicted octanol–water partition coefficient (Wildman–Crippen LogP) is 0.178. The molecular formula is C12H20N2O4. The highest BCUT2D eigenvalue weighted by Gasteiger charge is 2.29. The zero-order chi connectivity index (χ0) is 13.7. The molecular weight excluding hydrogens is 236 g/mol. The van der Waals surface area contributed by atoms with Gasteiger partial charge >= 0.3 is 5.97 Å². The van der Waals surface area contributed by atoms with Gasteiger partial charge in [0.2, 0.25) is 11.8 Å². The van der Waals surface area contributed by atoms with Crippen molar-refractivity contribution in [2.75, 3.05) is 26.2 Å². The Kier molecular flexibility index (Phi) is 5.12. The molecule has 0 spiro atoms. The van der Waals surface area contributed by atoms with E-state index in [2.05, 4.69) is 0 Å². The summed E-state index contributed by atoms with van der Waals surface area (Å²) in [5, 5.41) is 8.73. The van der Waals surface area contributed by atoms with Crippen LogP contribution in [-0.4, -0.2) is 58.9 Å². The van der Waals surface area contributed by atoms with E-state index in [1.54, 1.807) is 11.8 Å². The number of amides is 2. The maximum Gasteiger partial charge on any atom is 0.323 e. The smallest absolute Gasteiger partial charge is 0.323 e. The molecule has 1 saturated heterocycles. The fraction of sp³-hybridized carbons (Fsp3) is 0.750. The second-order valence-corrected chi connectivity index (χ2v) is 4.53. The molecule has 0 radical (unpaired) electrons. The minimum Gasteiger partial charge on any atom is -0.480 e. The number of carboxylic acids is 1. The fourth-order valence-electron chi connectivity index (χ4n) is 2.21. The van der Waals surface area contributed by atoms with E-state index >= 15 is 0 Å². The normalized spacial score (nSPS) is 16.4. The van der Waals surface area contributed by atoms with Crippen LogP contribution in [-0.2, 0) is 14.4 Å². The molecule has 1 rings (SSSR count). The third-order valence-electron chi connectivity index (χ3n) is 3.31. The second kappa shape index (κ2) is 6.37. The number of rotatable bonds is 4. The molecule has 0 atom stereocenters. The van der Waals surface area contributed by atoms with E-state index in [1.165, 1.54) is 11.8 Å². The van der Waals surface area contributed by atoms with E-state index in [1.807, 2.05) is 0 Å². The van der Waals surface area contributed by atoms with Gasteiger partial charge in [0.25, 0.3) is 0 Å². The molecule has 2 amide bonds. The van der Waals surface area contributed by atoms with Crippen LogP contribution in [0.3, 0.4) is 0 Å². The molecule has 1 heterocycles. The van der Waals surface area contributed by atoms with Crippen LogP contribution in [0.5, 0.6) is 0 Å². The molecule has 0 unspecified atom stereocenters. The number of likely N-dealkylation sites (tertiary alicyclic amines) is 1. The number of carboxylic acid groups (broad SMARTS) is 1. The number of nitrogens with zero attached hydrogens (tertiary/aromatic N) is 2. The summed E-state index contributed by atoms with van der Waals surface area (Å²) < 4.78 is 0. The van der Waals surface area contributed by atoms with Crippen LogP contribution < -0.4 is 0 Å². The van der Waals surface area contributed by atoms with Gasteiger partial charge in [0.1, 0.15) is 6.54 Å². The number of piperidine rings is 1. The molecule has 6 nitrogen and oxygen atoms in total. The van der Waals surface area contributed by atoms with Crippen LogP contribution in [0.15, 0.2) is 0 Å². The number of carbonyl (C=O) groups excluding carboxylic acids is 2. The van der Waals surface area contributed by atoms with Crippen molar-refractivity contribution in [1.82, 2.24) is 9.80 Å². The Morgan fingerprint density at radius 1 is 1.28 bits per heavy atom. The van der Waals surface area contributed by atoms with E-state index in [9.17, 15) is 14.4 Å². The van der Waals surface area contributed by atoms with E-state index in [0.717, 1.165) is 0 Å². The number of hydrogen-bond acceptors (Lipinski definition) is 3. The summed E-state index contributed by atoms with van der Waals surface area (Å²) >= 11 is 0. The molecule has 1 aliphatic rings. The van der Waals surface area contributed by atoms with Crippen molar-refractivity contribution in [1.29, 1.82) is 0 Å². The zero-order valence-electron chi connectivity index (χ0n) is 10.9. The van der Waals surface area contributed by atoms with Gasteiger partial charge < -0.3 is 14.9 Å². The first-order chi connectivity index (χ1) is 8.45. The number of carbonyl (C=O) groups is 3. The average molecular weight is 256 g/mol. The third-order valence-corrected chi connectivity index (χ3v) is 3.31. The second-order valence-electron chi connectivity index (χ2n) is 4.53. The summed E-state index contributed by atoms with van der Waals surface area (Å²) in [6.45, 7) is 4.60. The van der Waals surface area contributed by atoms with Gasteiger partial charge in [-0.15, -0.1) is 0 Å². The van der Waals surface area contributed by atoms with Crippen molar-refractivity contribution in [3.05, 3.63) is 0 Å². The van der Waals surface area contributed by atoms with E-state index in [0.29, 0.717) is 32.5 Å². The van der Waals surface area contributed by atoms with E-state index in [-0.39, 0.29) is 24.3 Å². The quantitative estimate of drug-likeness (QED) is 0.778. The lowest BCUT2D eigenvalue weighted by atomic mass is 9.95. The molecule has 0 bridgehead atoms. The monoisotopic (exact) mass is 256 g/mol. The van der Waals surface area contributed by atoms with Gasteiger partial charge in [0, 0.05) is 32.5 Å². The van der Waals surface area contributed by atoms with Crippen molar-refractivity contribution >= 4 is 17.8 Å². The highest BCUT2D eigenvalue weighted by molar-refractivity contribution is 5.83. The summed E-state index contributed by atoms with van der Waals surface area (Å²) in [4.78, 5) is 37.0. The Morgan fingerprint density at radius 2 is 1.83 bits per heavy atom. The number of aliphatic carboxylic acids is 1. The summed E-state index contributed by atoms with van der Waals surface area (Å²) in [6, 6.07) is 0. The van der Waals surface area contributed by atoms with Crippen molar-refractivity contribution in [3.8, 4) is 0 Å². The van der Waals surface area contributed by atoms with Gasteiger partial charge in [-0.25, -0.2) is 0 Å². The maximum atomic E-state index is 12.1. The molecule has 102 valence electrons. The highest BCUT2D eigenvalue weighted by Crippen LogP contribution is 2.19. The molecule has 1 fully saturated rings. The molecule has 0 aromatic carbocycles. The van der Waals surface area contributed by atoms with Crippen LogP contribution in [0.2, 0.25) is 0 Å². The van der Waals surface area contributed by atoms with Gasteiger partial charge in [-0.1, -0.05) is 0 Å². The summed E-state index contributed by atoms with van der Waals surface area (Å²) in [7, 11) is 0. The van der Waals surface area contributed by atoms with Gasteiger partial charge in [-0.2, -0.15) is 0 Å². The van der Waals surface area contributed by atoms with E-state index in [4.69, 9.17) is 5.11 Å². The van der Waals surface area contributed by atoms with Crippen LogP contribution >= 0.6 is 0 Å². The summed E-state index contributed by atoms with van der Waals surface area (Å²) in [5.74, 6) is -1.23. The SMILES string of the molecule is CCN(CC(=O)O)C(=O)C1CCN(C(C)=O)CC1. The van der Waals surface area contributed by atoms with Crippen molar-refractivity contribution < 1.29 is 19.5 Å². The summed E-state index contributed by atoms with van der Waals surface area (Å²) in [6.07, 6.45) is 1.24. The number of likely N-dealkylation sites (N-methyl/N-ethyl adjacent to an activating group) is 1. The third kappa shape index (κ3) is 3.72. The molecule has 0 aromatic heterocycles. The molecule has 0 aromatic rings. The van der Waals surface area contributed by atoms with Crippen LogP contribution in [0.1, 0.15) is 26.7 Å². The van der Waals surface area contributed by atoms with Crippen molar-refractivity contribution in [2.24, 2.45) is 5.92 Å². The van der Waals surface area contributed by atoms with Crippen LogP contribution in [0, 0.1) is 5.92 Å². The van der Waals surface area contributed by atoms with Gasteiger partial charge in [0.05, 0.1) is 0 Å². The lowest BCUT2D eigenvalue weighted by Gasteiger charge is -2.33. The van der Waals surface area contributed by atoms with Gasteiger partial charge in [-0.3, -0.25) is 14.4 Å². The predicted molar refractivity (Wildman–Crippen MR) is 64.9 cm³/mol. The van der Waals surface area contributed by atoms with Crippen molar-refractivity contribution in [3.63, 3.8) is 0 Å². The minimum atomic E-state index is -0.994. The zero-order valence-corrected chi connectivity index (χ0v) is 10.9. The molecule has 18 heavy (non-hydrogen) atoms. The lowest BCUT2D eigenvalue weighted by molar-refractivity contribution is -0.147. The average Bonchev–Trinajstić information content (AvgIpc) is 2.35. The topological polar surface area (TPSA) is 77.9 Å².